The number of hydrogen-bond acceptors (Lipinski definition) is 6. The van der Waals surface area contributed by atoms with E-state index < -0.39 is 22.3 Å². The van der Waals surface area contributed by atoms with Gasteiger partial charge in [0, 0.05) is 24.5 Å². The Hall–Kier alpha value is -2.57. The van der Waals surface area contributed by atoms with E-state index in [-0.39, 0.29) is 13.2 Å². The molecule has 9 heteroatoms. The molecule has 0 spiro atoms. The van der Waals surface area contributed by atoms with E-state index in [4.69, 9.17) is 15.5 Å². The second kappa shape index (κ2) is 7.98. The highest BCUT2D eigenvalue weighted by atomic mass is 32.2. The van der Waals surface area contributed by atoms with Gasteiger partial charge in [0.1, 0.15) is 12.7 Å². The first-order valence-electron chi connectivity index (χ1n) is 8.58. The Labute approximate surface area is 158 Å². The van der Waals surface area contributed by atoms with Crippen LogP contribution in [0.3, 0.4) is 0 Å². The highest BCUT2D eigenvalue weighted by Crippen LogP contribution is 2.27. The van der Waals surface area contributed by atoms with Crippen molar-refractivity contribution in [2.45, 2.75) is 18.9 Å². The van der Waals surface area contributed by atoms with Gasteiger partial charge < -0.3 is 9.64 Å². The van der Waals surface area contributed by atoms with Crippen LogP contribution in [0.4, 0.5) is 16.2 Å². The predicted molar refractivity (Wildman–Crippen MR) is 101 cm³/mol. The Morgan fingerprint density at radius 2 is 1.89 bits per heavy atom. The quantitative estimate of drug-likeness (QED) is 0.566. The number of hydrogen-bond donors (Lipinski definition) is 0. The van der Waals surface area contributed by atoms with E-state index in [0.717, 1.165) is 37.9 Å². The van der Waals surface area contributed by atoms with Crippen molar-refractivity contribution in [2.24, 2.45) is 0 Å². The van der Waals surface area contributed by atoms with Crippen molar-refractivity contribution in [3.8, 4) is 0 Å². The number of carbonyl (C=O) groups excluding carboxylic acids is 1. The summed E-state index contributed by atoms with van der Waals surface area (Å²) in [6, 6.07) is 7.60. The van der Waals surface area contributed by atoms with Gasteiger partial charge in [0.25, 0.3) is 10.1 Å². The van der Waals surface area contributed by atoms with Crippen LogP contribution in [0.1, 0.15) is 12.8 Å². The first kappa shape index (κ1) is 19.2. The minimum Gasteiger partial charge on any atom is -0.441 e. The molecule has 0 unspecified atom stereocenters. The SMILES string of the molecule is [C-]#[N+]C=C1CCN(c2ccc(N3C[C@H](COS(C)(=O)=O)OC3=O)cc2)CC1. The number of rotatable bonds is 5. The highest BCUT2D eigenvalue weighted by Gasteiger charge is 2.33. The Morgan fingerprint density at radius 3 is 2.48 bits per heavy atom. The van der Waals surface area contributed by atoms with Crippen molar-refractivity contribution in [2.75, 3.05) is 42.3 Å². The Kier molecular flexibility index (Phi) is 5.68. The second-order valence-corrected chi connectivity index (χ2v) is 8.17. The molecule has 1 amide bonds. The molecular formula is C18H21N3O5S. The molecule has 0 N–H and O–H groups in total. The maximum absolute atomic E-state index is 12.1. The van der Waals surface area contributed by atoms with Crippen LogP contribution in [0.5, 0.6) is 0 Å². The van der Waals surface area contributed by atoms with Crippen molar-refractivity contribution in [1.29, 1.82) is 0 Å². The molecule has 1 atom stereocenters. The maximum atomic E-state index is 12.1. The van der Waals surface area contributed by atoms with Crippen molar-refractivity contribution < 1.29 is 22.1 Å². The van der Waals surface area contributed by atoms with Gasteiger partial charge in [-0.3, -0.25) is 9.08 Å². The average Bonchev–Trinajstić information content (AvgIpc) is 3.01. The van der Waals surface area contributed by atoms with Crippen molar-refractivity contribution >= 4 is 27.6 Å². The number of cyclic esters (lactones) is 1. The predicted octanol–water partition coefficient (Wildman–Crippen LogP) is 2.39. The molecule has 0 bridgehead atoms. The van der Waals surface area contributed by atoms with Crippen LogP contribution < -0.4 is 9.80 Å². The molecule has 0 saturated carbocycles. The zero-order chi connectivity index (χ0) is 19.4. The summed E-state index contributed by atoms with van der Waals surface area (Å²) in [4.78, 5) is 19.1. The maximum Gasteiger partial charge on any atom is 0.414 e. The summed E-state index contributed by atoms with van der Waals surface area (Å²) in [6.45, 7) is 8.67. The summed E-state index contributed by atoms with van der Waals surface area (Å²) >= 11 is 0. The van der Waals surface area contributed by atoms with Gasteiger partial charge in [0.15, 0.2) is 6.20 Å². The molecule has 2 heterocycles. The van der Waals surface area contributed by atoms with E-state index in [0.29, 0.717) is 5.69 Å². The minimum absolute atomic E-state index is 0.187. The largest absolute Gasteiger partial charge is 0.441 e. The van der Waals surface area contributed by atoms with Crippen molar-refractivity contribution in [3.05, 3.63) is 47.5 Å². The standard InChI is InChI=1S/C18H21N3O5S/c1-19-11-14-7-9-20(10-8-14)15-3-5-16(6-4-15)21-12-17(26-18(21)22)13-25-27(2,23)24/h3-6,11,17H,7-10,12-13H2,2H3/t17-/m1/s1. The fourth-order valence-electron chi connectivity index (χ4n) is 3.13. The van der Waals surface area contributed by atoms with Crippen molar-refractivity contribution in [3.63, 3.8) is 0 Å². The summed E-state index contributed by atoms with van der Waals surface area (Å²) in [6.07, 6.45) is 3.19. The van der Waals surface area contributed by atoms with Crippen molar-refractivity contribution in [1.82, 2.24) is 0 Å². The first-order valence-corrected chi connectivity index (χ1v) is 10.4. The van der Waals surface area contributed by atoms with Crippen LogP contribution >= 0.6 is 0 Å². The lowest BCUT2D eigenvalue weighted by molar-refractivity contribution is 0.107. The Balaban J connectivity index is 1.60. The fraction of sp³-hybridized carbons (Fsp3) is 0.444. The molecule has 2 aliphatic heterocycles. The van der Waals surface area contributed by atoms with E-state index in [9.17, 15) is 13.2 Å². The van der Waals surface area contributed by atoms with Crippen LogP contribution in [0.2, 0.25) is 0 Å². The first-order chi connectivity index (χ1) is 12.9. The molecule has 27 heavy (non-hydrogen) atoms. The van der Waals surface area contributed by atoms with Gasteiger partial charge in [0.2, 0.25) is 0 Å². The summed E-state index contributed by atoms with van der Waals surface area (Å²) in [5.74, 6) is 0. The normalized spacial score (nSPS) is 20.4. The topological polar surface area (TPSA) is 80.5 Å². The monoisotopic (exact) mass is 391 g/mol. The van der Waals surface area contributed by atoms with Gasteiger partial charge in [-0.1, -0.05) is 5.57 Å². The van der Waals surface area contributed by atoms with Crippen LogP contribution in [-0.4, -0.2) is 53.1 Å². The fourth-order valence-corrected chi connectivity index (χ4v) is 3.53. The minimum atomic E-state index is -3.57. The molecule has 0 radical (unpaired) electrons. The summed E-state index contributed by atoms with van der Waals surface area (Å²) in [5, 5.41) is 0. The lowest BCUT2D eigenvalue weighted by atomic mass is 10.0. The van der Waals surface area contributed by atoms with Gasteiger partial charge in [0.05, 0.1) is 19.4 Å². The molecule has 2 fully saturated rings. The number of carbonyl (C=O) groups is 1. The zero-order valence-corrected chi connectivity index (χ0v) is 15.8. The Bertz CT molecular complexity index is 863. The molecule has 2 aliphatic rings. The number of anilines is 2. The summed E-state index contributed by atoms with van der Waals surface area (Å²) < 4.78 is 32.0. The number of benzene rings is 1. The third kappa shape index (κ3) is 4.99. The van der Waals surface area contributed by atoms with Gasteiger partial charge in [-0.2, -0.15) is 8.42 Å². The number of nitrogens with zero attached hydrogens (tertiary/aromatic N) is 3. The summed E-state index contributed by atoms with van der Waals surface area (Å²) in [7, 11) is -3.57. The van der Waals surface area contributed by atoms with E-state index in [2.05, 4.69) is 9.74 Å². The smallest absolute Gasteiger partial charge is 0.414 e. The lowest BCUT2D eigenvalue weighted by Crippen LogP contribution is -2.30. The molecule has 1 aromatic rings. The van der Waals surface area contributed by atoms with Gasteiger partial charge in [-0.05, 0) is 37.1 Å². The third-order valence-corrected chi connectivity index (χ3v) is 5.09. The Morgan fingerprint density at radius 1 is 1.26 bits per heavy atom. The van der Waals surface area contributed by atoms with Gasteiger partial charge in [-0.25, -0.2) is 9.64 Å². The molecule has 8 nitrogen and oxygen atoms in total. The second-order valence-electron chi connectivity index (χ2n) is 6.52. The summed E-state index contributed by atoms with van der Waals surface area (Å²) in [5.41, 5.74) is 2.93. The number of ether oxygens (including phenoxy) is 1. The molecule has 2 saturated heterocycles. The lowest BCUT2D eigenvalue weighted by Gasteiger charge is -2.30. The number of piperidine rings is 1. The van der Waals surface area contributed by atoms with Gasteiger partial charge >= 0.3 is 6.09 Å². The molecule has 3 rings (SSSR count). The molecule has 0 aromatic heterocycles. The van der Waals surface area contributed by atoms with Crippen LogP contribution in [0, 0.1) is 6.57 Å². The van der Waals surface area contributed by atoms with Crippen LogP contribution in [0.25, 0.3) is 4.85 Å². The highest BCUT2D eigenvalue weighted by molar-refractivity contribution is 7.85. The van der Waals surface area contributed by atoms with E-state index in [1.54, 1.807) is 6.20 Å². The van der Waals surface area contributed by atoms with Crippen LogP contribution in [-0.2, 0) is 19.0 Å². The molecular weight excluding hydrogens is 370 g/mol. The molecule has 0 aliphatic carbocycles. The average molecular weight is 391 g/mol. The number of amides is 1. The third-order valence-electron chi connectivity index (χ3n) is 4.52. The zero-order valence-electron chi connectivity index (χ0n) is 15.0. The molecule has 144 valence electrons. The molecule has 1 aromatic carbocycles. The van der Waals surface area contributed by atoms with E-state index in [1.165, 1.54) is 10.5 Å². The van der Waals surface area contributed by atoms with E-state index >= 15 is 0 Å². The van der Waals surface area contributed by atoms with Crippen LogP contribution in [0.15, 0.2) is 36.0 Å². The van der Waals surface area contributed by atoms with Gasteiger partial charge in [-0.15, -0.1) is 0 Å². The van der Waals surface area contributed by atoms with E-state index in [1.807, 2.05) is 24.3 Å².